The number of benzene rings is 8. The molecule has 0 radical (unpaired) electrons. The van der Waals surface area contributed by atoms with Crippen LogP contribution in [0.5, 0.6) is 0 Å². The van der Waals surface area contributed by atoms with Crippen LogP contribution in [0.1, 0.15) is 25.0 Å². The second-order valence-corrected chi connectivity index (χ2v) is 12.9. The summed E-state index contributed by atoms with van der Waals surface area (Å²) >= 11 is 0. The quantitative estimate of drug-likeness (QED) is 0.176. The Labute approximate surface area is 255 Å². The largest absolute Gasteiger partial charge is 0.309 e. The van der Waals surface area contributed by atoms with Crippen LogP contribution >= 0.6 is 0 Å². The van der Waals surface area contributed by atoms with Gasteiger partial charge in [0, 0.05) is 32.6 Å². The monoisotopic (exact) mass is 559 g/mol. The van der Waals surface area contributed by atoms with E-state index in [0.29, 0.717) is 0 Å². The van der Waals surface area contributed by atoms with Crippen molar-refractivity contribution in [2.75, 3.05) is 0 Å². The van der Waals surface area contributed by atoms with E-state index < -0.39 is 0 Å². The van der Waals surface area contributed by atoms with Crippen LogP contribution in [0.2, 0.25) is 0 Å². The number of hydrogen-bond donors (Lipinski definition) is 0. The number of nitrogens with zero attached hydrogens (tertiary/aromatic N) is 1. The Kier molecular flexibility index (Phi) is 4.58. The maximum Gasteiger partial charge on any atom is 0.0626 e. The Hall–Kier alpha value is -5.40. The highest BCUT2D eigenvalue weighted by molar-refractivity contribution is 6.42. The summed E-state index contributed by atoms with van der Waals surface area (Å²) < 4.78 is 2.54. The Balaban J connectivity index is 1.57. The molecule has 0 N–H and O–H groups in total. The number of hydrogen-bond acceptors (Lipinski definition) is 0. The van der Waals surface area contributed by atoms with Crippen LogP contribution in [0.3, 0.4) is 0 Å². The zero-order chi connectivity index (χ0) is 29.2. The van der Waals surface area contributed by atoms with Crippen LogP contribution in [0.25, 0.3) is 81.7 Å². The van der Waals surface area contributed by atoms with E-state index in [0.717, 1.165) is 0 Å². The summed E-state index contributed by atoms with van der Waals surface area (Å²) in [5.74, 6) is 0. The molecule has 44 heavy (non-hydrogen) atoms. The van der Waals surface area contributed by atoms with Crippen molar-refractivity contribution in [3.8, 4) is 16.8 Å². The van der Waals surface area contributed by atoms with Crippen molar-refractivity contribution in [1.82, 2.24) is 4.57 Å². The third-order valence-electron chi connectivity index (χ3n) is 10.3. The van der Waals surface area contributed by atoms with Crippen LogP contribution < -0.4 is 0 Å². The van der Waals surface area contributed by atoms with E-state index in [1.807, 2.05) is 0 Å². The summed E-state index contributed by atoms with van der Waals surface area (Å²) in [5.41, 5.74) is 9.18. The standard InChI is InChI=1S/C43H29N/c1-43(2)36-23-13-12-18-29(36)34-24-35-38(25-37(34)43)44(26-14-4-3-5-15-26)42-33-22-11-10-21-32(33)39-30-19-8-6-16-27(30)28-17-7-9-20-31(28)40(39)41(35)42/h3-25H,1-2H3. The molecule has 0 saturated heterocycles. The van der Waals surface area contributed by atoms with Gasteiger partial charge in [0.15, 0.2) is 0 Å². The predicted molar refractivity (Wildman–Crippen MR) is 188 cm³/mol. The number of fused-ring (bicyclic) bond motifs is 16. The van der Waals surface area contributed by atoms with E-state index in [-0.39, 0.29) is 5.41 Å². The molecule has 10 rings (SSSR count). The summed E-state index contributed by atoms with van der Waals surface area (Å²) in [7, 11) is 0. The molecule has 206 valence electrons. The molecule has 8 aromatic carbocycles. The average Bonchev–Trinajstić information content (AvgIpc) is 3.53. The highest BCUT2D eigenvalue weighted by Gasteiger charge is 2.36. The van der Waals surface area contributed by atoms with Crippen molar-refractivity contribution in [2.24, 2.45) is 0 Å². The van der Waals surface area contributed by atoms with Crippen molar-refractivity contribution in [2.45, 2.75) is 19.3 Å². The second kappa shape index (κ2) is 8.36. The van der Waals surface area contributed by atoms with Crippen LogP contribution in [-0.2, 0) is 5.41 Å². The Morgan fingerprint density at radius 1 is 0.409 bits per heavy atom. The zero-order valence-corrected chi connectivity index (χ0v) is 24.7. The van der Waals surface area contributed by atoms with Gasteiger partial charge < -0.3 is 4.57 Å². The highest BCUT2D eigenvalue weighted by Crippen LogP contribution is 2.53. The van der Waals surface area contributed by atoms with E-state index in [1.165, 1.54) is 92.8 Å². The summed E-state index contributed by atoms with van der Waals surface area (Å²) in [6, 6.07) is 51.9. The Morgan fingerprint density at radius 2 is 0.955 bits per heavy atom. The Morgan fingerprint density at radius 3 is 1.66 bits per heavy atom. The molecule has 1 heteroatoms. The van der Waals surface area contributed by atoms with Gasteiger partial charge in [0.25, 0.3) is 0 Å². The first-order valence-electron chi connectivity index (χ1n) is 15.5. The molecule has 0 unspecified atom stereocenters. The molecule has 0 spiro atoms. The lowest BCUT2D eigenvalue weighted by Crippen LogP contribution is -2.14. The lowest BCUT2D eigenvalue weighted by Gasteiger charge is -2.21. The molecule has 1 heterocycles. The third kappa shape index (κ3) is 2.89. The molecule has 1 nitrogen and oxygen atoms in total. The molecule has 1 aliphatic rings. The molecular weight excluding hydrogens is 530 g/mol. The molecule has 1 aliphatic carbocycles. The minimum absolute atomic E-state index is 0.0782. The molecular formula is C43H29N. The van der Waals surface area contributed by atoms with Gasteiger partial charge in [-0.05, 0) is 78.8 Å². The minimum Gasteiger partial charge on any atom is -0.309 e. The van der Waals surface area contributed by atoms with Crippen molar-refractivity contribution >= 4 is 64.9 Å². The maximum absolute atomic E-state index is 2.54. The van der Waals surface area contributed by atoms with Gasteiger partial charge in [0.1, 0.15) is 0 Å². The SMILES string of the molecule is CC1(C)c2ccccc2-c2cc3c4c5c6ccccc6c6ccccc6c5c5ccccc5c4n(-c4ccccc4)c3cc21. The molecule has 0 fully saturated rings. The fourth-order valence-electron chi connectivity index (χ4n) is 8.42. The van der Waals surface area contributed by atoms with Crippen molar-refractivity contribution < 1.29 is 0 Å². The first-order valence-corrected chi connectivity index (χ1v) is 15.5. The second-order valence-electron chi connectivity index (χ2n) is 12.9. The Bertz CT molecular complexity index is 2670. The van der Waals surface area contributed by atoms with E-state index >= 15 is 0 Å². The molecule has 0 saturated carbocycles. The van der Waals surface area contributed by atoms with Crippen LogP contribution in [0.15, 0.2) is 140 Å². The van der Waals surface area contributed by atoms with Gasteiger partial charge in [-0.15, -0.1) is 0 Å². The normalized spacial score (nSPS) is 13.9. The van der Waals surface area contributed by atoms with Gasteiger partial charge in [-0.2, -0.15) is 0 Å². The van der Waals surface area contributed by atoms with Crippen LogP contribution in [-0.4, -0.2) is 4.57 Å². The molecule has 1 aromatic heterocycles. The van der Waals surface area contributed by atoms with Gasteiger partial charge in [0.2, 0.25) is 0 Å². The summed E-state index contributed by atoms with van der Waals surface area (Å²) in [5, 5.41) is 13.2. The third-order valence-corrected chi connectivity index (χ3v) is 10.3. The lowest BCUT2D eigenvalue weighted by atomic mass is 9.82. The number of aromatic nitrogens is 1. The molecule has 0 bridgehead atoms. The number of para-hydroxylation sites is 1. The molecule has 0 atom stereocenters. The smallest absolute Gasteiger partial charge is 0.0626 e. The average molecular weight is 560 g/mol. The van der Waals surface area contributed by atoms with Crippen molar-refractivity contribution in [1.29, 1.82) is 0 Å². The van der Waals surface area contributed by atoms with Gasteiger partial charge >= 0.3 is 0 Å². The summed E-state index contributed by atoms with van der Waals surface area (Å²) in [6.07, 6.45) is 0. The lowest BCUT2D eigenvalue weighted by molar-refractivity contribution is 0.661. The predicted octanol–water partition coefficient (Wildman–Crippen LogP) is 11.7. The zero-order valence-electron chi connectivity index (χ0n) is 24.7. The minimum atomic E-state index is -0.0782. The van der Waals surface area contributed by atoms with Gasteiger partial charge in [-0.1, -0.05) is 129 Å². The van der Waals surface area contributed by atoms with E-state index in [2.05, 4.69) is 158 Å². The van der Waals surface area contributed by atoms with Crippen molar-refractivity contribution in [3.63, 3.8) is 0 Å². The maximum atomic E-state index is 2.54. The van der Waals surface area contributed by atoms with Gasteiger partial charge in [-0.25, -0.2) is 0 Å². The molecule has 0 aliphatic heterocycles. The topological polar surface area (TPSA) is 4.93 Å². The summed E-state index contributed by atoms with van der Waals surface area (Å²) in [6.45, 7) is 4.76. The van der Waals surface area contributed by atoms with E-state index in [9.17, 15) is 0 Å². The van der Waals surface area contributed by atoms with Gasteiger partial charge in [0.05, 0.1) is 11.0 Å². The van der Waals surface area contributed by atoms with E-state index in [1.54, 1.807) is 0 Å². The number of rotatable bonds is 1. The summed E-state index contributed by atoms with van der Waals surface area (Å²) in [4.78, 5) is 0. The van der Waals surface area contributed by atoms with Crippen molar-refractivity contribution in [3.05, 3.63) is 151 Å². The fraction of sp³-hybridized carbons (Fsp3) is 0.0698. The first kappa shape index (κ1) is 24.1. The molecule has 9 aromatic rings. The van der Waals surface area contributed by atoms with E-state index in [4.69, 9.17) is 0 Å². The van der Waals surface area contributed by atoms with Gasteiger partial charge in [-0.3, -0.25) is 0 Å². The first-order chi connectivity index (χ1) is 21.6. The van der Waals surface area contributed by atoms with Crippen LogP contribution in [0, 0.1) is 0 Å². The fourth-order valence-corrected chi connectivity index (χ4v) is 8.42. The highest BCUT2D eigenvalue weighted by atomic mass is 15.0. The van der Waals surface area contributed by atoms with Crippen LogP contribution in [0.4, 0.5) is 0 Å². The molecule has 0 amide bonds.